The van der Waals surface area contributed by atoms with Crippen LogP contribution >= 0.6 is 0 Å². The number of aliphatic imine (C=N–C) groups is 1. The molecular formula is C16H29N3O. The summed E-state index contributed by atoms with van der Waals surface area (Å²) >= 11 is 0. The largest absolute Gasteiger partial charge is 0.395 e. The first-order valence-electron chi connectivity index (χ1n) is 7.73. The van der Waals surface area contributed by atoms with E-state index in [0.29, 0.717) is 0 Å². The molecule has 1 saturated heterocycles. The van der Waals surface area contributed by atoms with E-state index >= 15 is 0 Å². The van der Waals surface area contributed by atoms with Crippen LogP contribution in [0.3, 0.4) is 0 Å². The number of aliphatic hydroxyl groups is 1. The topological polar surface area (TPSA) is 39.1 Å². The van der Waals surface area contributed by atoms with E-state index in [9.17, 15) is 0 Å². The van der Waals surface area contributed by atoms with Crippen LogP contribution in [0.1, 0.15) is 27.2 Å². The van der Waals surface area contributed by atoms with Gasteiger partial charge >= 0.3 is 0 Å². The van der Waals surface area contributed by atoms with Crippen molar-refractivity contribution in [3.63, 3.8) is 0 Å². The van der Waals surface area contributed by atoms with Gasteiger partial charge in [0, 0.05) is 51.2 Å². The van der Waals surface area contributed by atoms with E-state index < -0.39 is 0 Å². The summed E-state index contributed by atoms with van der Waals surface area (Å²) in [5.74, 6) is 0. The van der Waals surface area contributed by atoms with E-state index in [-0.39, 0.29) is 6.61 Å². The van der Waals surface area contributed by atoms with Crippen LogP contribution in [0.2, 0.25) is 0 Å². The zero-order valence-corrected chi connectivity index (χ0v) is 13.2. The molecule has 114 valence electrons. The Morgan fingerprint density at radius 2 is 1.75 bits per heavy atom. The zero-order valence-electron chi connectivity index (χ0n) is 13.2. The fourth-order valence-corrected chi connectivity index (χ4v) is 2.35. The third-order valence-corrected chi connectivity index (χ3v) is 3.51. The molecule has 0 aromatic rings. The maximum atomic E-state index is 8.91. The van der Waals surface area contributed by atoms with Crippen molar-refractivity contribution in [1.29, 1.82) is 0 Å². The van der Waals surface area contributed by atoms with Gasteiger partial charge in [-0.15, -0.1) is 0 Å². The number of nitrogens with zero attached hydrogens (tertiary/aromatic N) is 3. The highest BCUT2D eigenvalue weighted by molar-refractivity contribution is 5.80. The summed E-state index contributed by atoms with van der Waals surface area (Å²) in [6.07, 6.45) is 7.41. The Bertz CT molecular complexity index is 353. The molecule has 0 saturated carbocycles. The van der Waals surface area contributed by atoms with Gasteiger partial charge in [-0.3, -0.25) is 14.8 Å². The molecule has 0 aromatic carbocycles. The van der Waals surface area contributed by atoms with Gasteiger partial charge in [-0.2, -0.15) is 0 Å². The third-order valence-electron chi connectivity index (χ3n) is 3.51. The number of hydrogen-bond acceptors (Lipinski definition) is 4. The molecule has 0 atom stereocenters. The number of piperazine rings is 1. The van der Waals surface area contributed by atoms with E-state index in [4.69, 9.17) is 5.11 Å². The monoisotopic (exact) mass is 279 g/mol. The quantitative estimate of drug-likeness (QED) is 0.854. The molecule has 0 radical (unpaired) electrons. The van der Waals surface area contributed by atoms with Crippen LogP contribution in [-0.2, 0) is 0 Å². The molecule has 0 aromatic heterocycles. The van der Waals surface area contributed by atoms with Crippen molar-refractivity contribution in [2.24, 2.45) is 4.99 Å². The highest BCUT2D eigenvalue weighted by Gasteiger charge is 2.16. The molecule has 2 aliphatic heterocycles. The average molecular weight is 279 g/mol. The molecule has 0 aliphatic carbocycles. The number of aliphatic hydroxyl groups excluding tert-OH is 1. The van der Waals surface area contributed by atoms with Crippen LogP contribution in [-0.4, -0.2) is 67.0 Å². The van der Waals surface area contributed by atoms with Gasteiger partial charge < -0.3 is 5.11 Å². The molecular weight excluding hydrogens is 250 g/mol. The molecule has 20 heavy (non-hydrogen) atoms. The predicted octanol–water partition coefficient (Wildman–Crippen LogP) is 1.93. The molecule has 0 bridgehead atoms. The van der Waals surface area contributed by atoms with Crippen LogP contribution in [0.25, 0.3) is 0 Å². The summed E-state index contributed by atoms with van der Waals surface area (Å²) in [7, 11) is 0. The molecule has 2 rings (SSSR count). The molecule has 1 N–H and O–H groups in total. The van der Waals surface area contributed by atoms with Crippen molar-refractivity contribution in [3.8, 4) is 0 Å². The molecule has 0 unspecified atom stereocenters. The highest BCUT2D eigenvalue weighted by Crippen LogP contribution is 2.09. The molecule has 2 aliphatic rings. The second-order valence-corrected chi connectivity index (χ2v) is 4.96. The minimum Gasteiger partial charge on any atom is -0.395 e. The fourth-order valence-electron chi connectivity index (χ4n) is 2.35. The SMILES string of the molecule is CC.CC1=CCC=C(CN2CCN(CCO)CC2)C=N1. The lowest BCUT2D eigenvalue weighted by molar-refractivity contribution is 0.119. The Balaban J connectivity index is 0.000000956. The third kappa shape index (κ3) is 5.99. The zero-order chi connectivity index (χ0) is 14.8. The predicted molar refractivity (Wildman–Crippen MR) is 86.3 cm³/mol. The standard InChI is InChI=1S/C14H23N3O.C2H6/c1-13-3-2-4-14(11-15-13)12-17-7-5-16(6-8-17)9-10-18;1-2/h3-4,11,18H,2,5-10,12H2,1H3;1-2H3. The maximum absolute atomic E-state index is 8.91. The van der Waals surface area contributed by atoms with Gasteiger partial charge in [0.05, 0.1) is 6.61 Å². The smallest absolute Gasteiger partial charge is 0.0558 e. The maximum Gasteiger partial charge on any atom is 0.0558 e. The minimum absolute atomic E-state index is 0.267. The van der Waals surface area contributed by atoms with Crippen LogP contribution in [0.4, 0.5) is 0 Å². The number of β-amino-alcohol motifs (C(OH)–C–C–N with tert-alkyl or cyclic N) is 1. The first-order chi connectivity index (χ1) is 9.78. The Morgan fingerprint density at radius 1 is 1.10 bits per heavy atom. The van der Waals surface area contributed by atoms with E-state index in [1.54, 1.807) is 0 Å². The lowest BCUT2D eigenvalue weighted by Gasteiger charge is -2.34. The van der Waals surface area contributed by atoms with E-state index in [1.807, 2.05) is 27.0 Å². The van der Waals surface area contributed by atoms with Gasteiger partial charge in [0.25, 0.3) is 0 Å². The highest BCUT2D eigenvalue weighted by atomic mass is 16.3. The summed E-state index contributed by atoms with van der Waals surface area (Å²) < 4.78 is 0. The lowest BCUT2D eigenvalue weighted by Crippen LogP contribution is -2.47. The Labute approximate surface area is 123 Å². The molecule has 4 heteroatoms. The van der Waals surface area contributed by atoms with E-state index in [1.165, 1.54) is 5.57 Å². The van der Waals surface area contributed by atoms with E-state index in [2.05, 4.69) is 26.9 Å². The summed E-state index contributed by atoms with van der Waals surface area (Å²) in [6, 6.07) is 0. The van der Waals surface area contributed by atoms with Gasteiger partial charge in [0.1, 0.15) is 0 Å². The van der Waals surface area contributed by atoms with Gasteiger partial charge in [-0.25, -0.2) is 0 Å². The second kappa shape index (κ2) is 9.86. The second-order valence-electron chi connectivity index (χ2n) is 4.96. The summed E-state index contributed by atoms with van der Waals surface area (Å²) in [5.41, 5.74) is 2.42. The summed E-state index contributed by atoms with van der Waals surface area (Å²) in [6.45, 7) is 12.4. The van der Waals surface area contributed by atoms with Crippen molar-refractivity contribution in [2.45, 2.75) is 27.2 Å². The van der Waals surface area contributed by atoms with Crippen LogP contribution in [0.5, 0.6) is 0 Å². The fraction of sp³-hybridized carbons (Fsp3) is 0.688. The van der Waals surface area contributed by atoms with Crippen molar-refractivity contribution >= 4 is 6.21 Å². The minimum atomic E-state index is 0.267. The summed E-state index contributed by atoms with van der Waals surface area (Å²) in [4.78, 5) is 9.19. The van der Waals surface area contributed by atoms with E-state index in [0.717, 1.165) is 51.4 Å². The van der Waals surface area contributed by atoms with Gasteiger partial charge in [0.2, 0.25) is 0 Å². The van der Waals surface area contributed by atoms with Crippen molar-refractivity contribution in [1.82, 2.24) is 9.80 Å². The van der Waals surface area contributed by atoms with Crippen molar-refractivity contribution in [3.05, 3.63) is 23.4 Å². The van der Waals surface area contributed by atoms with Gasteiger partial charge in [-0.1, -0.05) is 26.0 Å². The molecule has 0 spiro atoms. The Hall–Kier alpha value is -0.970. The first-order valence-corrected chi connectivity index (χ1v) is 7.73. The number of allylic oxidation sites excluding steroid dienone is 3. The Morgan fingerprint density at radius 3 is 2.40 bits per heavy atom. The van der Waals surface area contributed by atoms with Crippen LogP contribution in [0.15, 0.2) is 28.4 Å². The van der Waals surface area contributed by atoms with Gasteiger partial charge in [0.15, 0.2) is 0 Å². The molecule has 4 nitrogen and oxygen atoms in total. The van der Waals surface area contributed by atoms with Gasteiger partial charge in [-0.05, 0) is 18.9 Å². The molecule has 1 fully saturated rings. The average Bonchev–Trinajstić information content (AvgIpc) is 2.68. The normalized spacial score (nSPS) is 20.6. The first kappa shape index (κ1) is 17.1. The number of rotatable bonds is 4. The number of hydrogen-bond donors (Lipinski definition) is 1. The molecule has 0 amide bonds. The summed E-state index contributed by atoms with van der Waals surface area (Å²) in [5, 5.41) is 8.91. The lowest BCUT2D eigenvalue weighted by atomic mass is 10.2. The van der Waals surface area contributed by atoms with Crippen molar-refractivity contribution in [2.75, 3.05) is 45.9 Å². The van der Waals surface area contributed by atoms with Crippen molar-refractivity contribution < 1.29 is 5.11 Å². The Kier molecular flexibility index (Phi) is 8.42. The van der Waals surface area contributed by atoms with Crippen LogP contribution in [0, 0.1) is 0 Å². The molecule has 2 heterocycles. The van der Waals surface area contributed by atoms with Crippen LogP contribution < -0.4 is 0 Å².